The Hall–Kier alpha value is -3.83. The molecule has 5 amide bonds. The van der Waals surface area contributed by atoms with Crippen LogP contribution in [0.4, 0.5) is 0 Å². The van der Waals surface area contributed by atoms with Crippen LogP contribution in [0.3, 0.4) is 0 Å². The molecule has 0 rings (SSSR count). The highest BCUT2D eigenvalue weighted by Crippen LogP contribution is 2.07. The van der Waals surface area contributed by atoms with Gasteiger partial charge < -0.3 is 53.4 Å². The molecule has 0 heterocycles. The summed E-state index contributed by atoms with van der Waals surface area (Å²) in [7, 11) is 0. The first-order valence-electron chi connectivity index (χ1n) is 14.0. The summed E-state index contributed by atoms with van der Waals surface area (Å²) >= 11 is 0. The van der Waals surface area contributed by atoms with Crippen molar-refractivity contribution in [1.29, 1.82) is 0 Å². The molecule has 0 aliphatic rings. The number of nitrogens with one attached hydrogen (secondary N) is 5. The van der Waals surface area contributed by atoms with Gasteiger partial charge in [0.25, 0.3) is 0 Å². The molecule has 0 aromatic heterocycles. The van der Waals surface area contributed by atoms with Gasteiger partial charge in [-0.3, -0.25) is 28.8 Å². The van der Waals surface area contributed by atoms with E-state index in [0.717, 1.165) is 0 Å². The van der Waals surface area contributed by atoms with Gasteiger partial charge in [0.05, 0.1) is 18.6 Å². The molecular weight excluding hydrogens is 570 g/mol. The van der Waals surface area contributed by atoms with Crippen LogP contribution in [0.25, 0.3) is 0 Å². The molecule has 12 N–H and O–H groups in total. The maximum atomic E-state index is 12.9. The molecule has 0 spiro atoms. The molecule has 17 nitrogen and oxygen atoms in total. The van der Waals surface area contributed by atoms with Crippen molar-refractivity contribution in [1.82, 2.24) is 26.6 Å². The third-order valence-corrected chi connectivity index (χ3v) is 6.21. The number of carbonyl (C=O) groups is 7. The standard InChI is InChI=1S/C26H47N7O10/c1-12(2)10-17(24(40)30-14(4)22(38)33-20(15(5)34)26(42)43)31-21(37)13(3)29-25(41)18(11-19(35)36)32-23(39)16(28)8-6-7-9-27/h12-18,20,34H,6-11,27-28H2,1-5H3,(H,29,41)(H,30,40)(H,31,37)(H,32,39)(H,33,38)(H,35,36)(H,42,43)/t13-,14-,15+,16-,17-,18-,20-/m0/s1. The third-order valence-electron chi connectivity index (χ3n) is 6.21. The number of carboxylic acid groups (broad SMARTS) is 2. The number of amides is 5. The van der Waals surface area contributed by atoms with Crippen molar-refractivity contribution >= 4 is 41.5 Å². The smallest absolute Gasteiger partial charge is 0.328 e. The minimum atomic E-state index is -1.61. The predicted octanol–water partition coefficient (Wildman–Crippen LogP) is -3.11. The average molecular weight is 618 g/mol. The van der Waals surface area contributed by atoms with Crippen LogP contribution in [0, 0.1) is 5.92 Å². The Morgan fingerprint density at radius 3 is 1.60 bits per heavy atom. The summed E-state index contributed by atoms with van der Waals surface area (Å²) in [6.07, 6.45) is -0.616. The number of aliphatic hydroxyl groups is 1. The number of carboxylic acids is 2. The lowest BCUT2D eigenvalue weighted by molar-refractivity contribution is -0.145. The van der Waals surface area contributed by atoms with Crippen molar-refractivity contribution < 1.29 is 48.9 Å². The number of aliphatic hydroxyl groups excluding tert-OH is 1. The summed E-state index contributed by atoms with van der Waals surface area (Å²) in [4.78, 5) is 86.0. The summed E-state index contributed by atoms with van der Waals surface area (Å²) in [5, 5.41) is 39.5. The van der Waals surface area contributed by atoms with E-state index in [1.54, 1.807) is 13.8 Å². The van der Waals surface area contributed by atoms with E-state index < -0.39 is 90.3 Å². The zero-order valence-electron chi connectivity index (χ0n) is 25.2. The Labute approximate surface area is 250 Å². The fourth-order valence-corrected chi connectivity index (χ4v) is 3.73. The highest BCUT2D eigenvalue weighted by molar-refractivity contribution is 5.97. The van der Waals surface area contributed by atoms with Gasteiger partial charge in [0.15, 0.2) is 6.04 Å². The van der Waals surface area contributed by atoms with Gasteiger partial charge in [0.1, 0.15) is 24.2 Å². The maximum absolute atomic E-state index is 12.9. The Bertz CT molecular complexity index is 991. The predicted molar refractivity (Wildman–Crippen MR) is 153 cm³/mol. The molecule has 0 aromatic rings. The Balaban J connectivity index is 5.42. The van der Waals surface area contributed by atoms with Gasteiger partial charge in [0, 0.05) is 0 Å². The Morgan fingerprint density at radius 2 is 1.16 bits per heavy atom. The SMILES string of the molecule is CC(C)C[C@H](NC(=O)[C@H](C)NC(=O)[C@H](CC(=O)O)NC(=O)[C@@H](N)CCCCN)C(=O)N[C@@H](C)C(=O)N[C@H](C(=O)O)[C@@H](C)O. The summed E-state index contributed by atoms with van der Waals surface area (Å²) in [5.74, 6) is -7.15. The van der Waals surface area contributed by atoms with Crippen LogP contribution in [0.2, 0.25) is 0 Å². The zero-order valence-corrected chi connectivity index (χ0v) is 25.2. The van der Waals surface area contributed by atoms with Crippen molar-refractivity contribution in [3.8, 4) is 0 Å². The van der Waals surface area contributed by atoms with E-state index in [9.17, 15) is 43.8 Å². The molecule has 246 valence electrons. The summed E-state index contributed by atoms with van der Waals surface area (Å²) in [6, 6.07) is -7.83. The first-order valence-corrected chi connectivity index (χ1v) is 14.0. The van der Waals surface area contributed by atoms with Gasteiger partial charge in [-0.2, -0.15) is 0 Å². The number of rotatable bonds is 20. The largest absolute Gasteiger partial charge is 0.481 e. The summed E-state index contributed by atoms with van der Waals surface area (Å²) in [5.41, 5.74) is 11.2. The highest BCUT2D eigenvalue weighted by atomic mass is 16.4. The number of nitrogens with two attached hydrogens (primary N) is 2. The van der Waals surface area contributed by atoms with Gasteiger partial charge in [0.2, 0.25) is 29.5 Å². The zero-order chi connectivity index (χ0) is 33.4. The Morgan fingerprint density at radius 1 is 0.674 bits per heavy atom. The molecule has 0 saturated carbocycles. The lowest BCUT2D eigenvalue weighted by Gasteiger charge is -2.26. The van der Waals surface area contributed by atoms with Crippen molar-refractivity contribution in [2.45, 2.75) is 109 Å². The normalized spacial score (nSPS) is 15.9. The second-order valence-corrected chi connectivity index (χ2v) is 10.8. The molecule has 43 heavy (non-hydrogen) atoms. The molecule has 0 aliphatic heterocycles. The minimum absolute atomic E-state index is 0.110. The molecule has 0 unspecified atom stereocenters. The molecule has 0 radical (unpaired) electrons. The number of unbranched alkanes of at least 4 members (excludes halogenated alkanes) is 1. The van der Waals surface area contributed by atoms with E-state index in [-0.39, 0.29) is 18.8 Å². The van der Waals surface area contributed by atoms with E-state index in [2.05, 4.69) is 26.6 Å². The first kappa shape index (κ1) is 39.2. The number of aliphatic carboxylic acids is 2. The van der Waals surface area contributed by atoms with Gasteiger partial charge >= 0.3 is 11.9 Å². The maximum Gasteiger partial charge on any atom is 0.328 e. The van der Waals surface area contributed by atoms with Gasteiger partial charge in [-0.15, -0.1) is 0 Å². The van der Waals surface area contributed by atoms with E-state index in [4.69, 9.17) is 16.6 Å². The molecule has 0 bridgehead atoms. The minimum Gasteiger partial charge on any atom is -0.481 e. The third kappa shape index (κ3) is 15.3. The summed E-state index contributed by atoms with van der Waals surface area (Å²) < 4.78 is 0. The molecule has 17 heteroatoms. The highest BCUT2D eigenvalue weighted by Gasteiger charge is 2.32. The van der Waals surface area contributed by atoms with Crippen LogP contribution in [0.5, 0.6) is 0 Å². The van der Waals surface area contributed by atoms with E-state index in [1.165, 1.54) is 20.8 Å². The van der Waals surface area contributed by atoms with E-state index >= 15 is 0 Å². The molecule has 0 aromatic carbocycles. The quantitative estimate of drug-likeness (QED) is 0.0608. The van der Waals surface area contributed by atoms with Crippen LogP contribution in [0.15, 0.2) is 0 Å². The second-order valence-electron chi connectivity index (χ2n) is 10.8. The first-order chi connectivity index (χ1) is 19.9. The lowest BCUT2D eigenvalue weighted by atomic mass is 10.0. The van der Waals surface area contributed by atoms with Gasteiger partial charge in [-0.1, -0.05) is 20.3 Å². The van der Waals surface area contributed by atoms with Crippen LogP contribution < -0.4 is 38.1 Å². The molecular formula is C26H47N7O10. The molecule has 0 aliphatic carbocycles. The molecule has 7 atom stereocenters. The van der Waals surface area contributed by atoms with Crippen molar-refractivity contribution in [2.75, 3.05) is 6.54 Å². The number of carbonyl (C=O) groups excluding carboxylic acids is 5. The number of hydrogen-bond donors (Lipinski definition) is 10. The van der Waals surface area contributed by atoms with Crippen LogP contribution in [0.1, 0.15) is 66.7 Å². The van der Waals surface area contributed by atoms with Gasteiger partial charge in [-0.05, 0) is 52.5 Å². The Kier molecular flexibility index (Phi) is 17.7. The average Bonchev–Trinajstić information content (AvgIpc) is 2.89. The number of hydrogen-bond acceptors (Lipinski definition) is 10. The fourth-order valence-electron chi connectivity index (χ4n) is 3.73. The van der Waals surface area contributed by atoms with Gasteiger partial charge in [-0.25, -0.2) is 4.79 Å². The molecule has 0 saturated heterocycles. The topological polar surface area (TPSA) is 292 Å². The van der Waals surface area contributed by atoms with Crippen molar-refractivity contribution in [3.63, 3.8) is 0 Å². The van der Waals surface area contributed by atoms with Crippen LogP contribution >= 0.6 is 0 Å². The van der Waals surface area contributed by atoms with Crippen molar-refractivity contribution in [3.05, 3.63) is 0 Å². The molecule has 0 fully saturated rings. The van der Waals surface area contributed by atoms with Crippen LogP contribution in [-0.2, 0) is 33.6 Å². The van der Waals surface area contributed by atoms with E-state index in [0.29, 0.717) is 19.4 Å². The van der Waals surface area contributed by atoms with Crippen molar-refractivity contribution in [2.24, 2.45) is 17.4 Å². The summed E-state index contributed by atoms with van der Waals surface area (Å²) in [6.45, 7) is 7.69. The lowest BCUT2D eigenvalue weighted by Crippen LogP contribution is -2.59. The fraction of sp³-hybridized carbons (Fsp3) is 0.731. The van der Waals surface area contributed by atoms with Crippen LogP contribution in [-0.4, -0.2) is 106 Å². The second kappa shape index (κ2) is 19.4. The van der Waals surface area contributed by atoms with E-state index in [1.807, 2.05) is 0 Å². The monoisotopic (exact) mass is 617 g/mol.